The Labute approximate surface area is 211 Å². The van der Waals surface area contributed by atoms with Crippen LogP contribution < -0.4 is 10.9 Å². The number of hydrogen-bond donors (Lipinski definition) is 1. The second-order valence-electron chi connectivity index (χ2n) is 8.59. The predicted octanol–water partition coefficient (Wildman–Crippen LogP) is 5.09. The molecule has 5 aromatic rings. The molecular formula is C27H25N5O3S. The first-order chi connectivity index (χ1) is 17.5. The topological polar surface area (TPSA) is 98.4 Å². The van der Waals surface area contributed by atoms with Gasteiger partial charge in [-0.3, -0.25) is 18.8 Å². The van der Waals surface area contributed by atoms with Crippen LogP contribution in [0.4, 0.5) is 5.69 Å². The molecule has 0 saturated carbocycles. The Balaban J connectivity index is 1.41. The summed E-state index contributed by atoms with van der Waals surface area (Å²) >= 11 is 1.47. The summed E-state index contributed by atoms with van der Waals surface area (Å²) in [6.45, 7) is 4.37. The predicted molar refractivity (Wildman–Crippen MR) is 141 cm³/mol. The average Bonchev–Trinajstić information content (AvgIpc) is 3.45. The fourth-order valence-corrected chi connectivity index (χ4v) is 5.03. The number of thiazole rings is 1. The van der Waals surface area contributed by atoms with Crippen molar-refractivity contribution in [3.05, 3.63) is 93.1 Å². The third-order valence-corrected chi connectivity index (χ3v) is 6.87. The Morgan fingerprint density at radius 1 is 1.03 bits per heavy atom. The van der Waals surface area contributed by atoms with E-state index in [1.54, 1.807) is 52.9 Å². The van der Waals surface area contributed by atoms with E-state index in [-0.39, 0.29) is 17.0 Å². The molecule has 36 heavy (non-hydrogen) atoms. The zero-order valence-electron chi connectivity index (χ0n) is 20.0. The van der Waals surface area contributed by atoms with Crippen molar-refractivity contribution in [2.45, 2.75) is 39.7 Å². The number of benzene rings is 2. The van der Waals surface area contributed by atoms with Gasteiger partial charge < -0.3 is 5.32 Å². The minimum atomic E-state index is -0.416. The van der Waals surface area contributed by atoms with Crippen LogP contribution >= 0.6 is 11.3 Å². The van der Waals surface area contributed by atoms with Crippen LogP contribution in [0.2, 0.25) is 0 Å². The van der Waals surface area contributed by atoms with Gasteiger partial charge in [-0.2, -0.15) is 5.10 Å². The van der Waals surface area contributed by atoms with Crippen LogP contribution in [-0.2, 0) is 6.54 Å². The summed E-state index contributed by atoms with van der Waals surface area (Å²) in [5.41, 5.74) is 2.22. The van der Waals surface area contributed by atoms with Crippen molar-refractivity contribution in [3.8, 4) is 0 Å². The minimum Gasteiger partial charge on any atom is -0.321 e. The fourth-order valence-electron chi connectivity index (χ4n) is 4.27. The lowest BCUT2D eigenvalue weighted by atomic mass is 10.1. The Kier molecular flexibility index (Phi) is 6.47. The van der Waals surface area contributed by atoms with Crippen molar-refractivity contribution in [1.82, 2.24) is 19.2 Å². The molecule has 182 valence electrons. The molecule has 0 radical (unpaired) electrons. The number of fused-ring (bicyclic) bond motifs is 2. The molecule has 0 aliphatic heterocycles. The minimum absolute atomic E-state index is 0.136. The molecule has 0 fully saturated rings. The molecule has 8 nitrogen and oxygen atoms in total. The molecule has 5 rings (SSSR count). The number of amides is 1. The first kappa shape index (κ1) is 23.6. The summed E-state index contributed by atoms with van der Waals surface area (Å²) in [4.78, 5) is 44.4. The van der Waals surface area contributed by atoms with Crippen molar-refractivity contribution in [3.63, 3.8) is 0 Å². The van der Waals surface area contributed by atoms with Crippen molar-refractivity contribution in [2.75, 3.05) is 5.32 Å². The highest BCUT2D eigenvalue weighted by Gasteiger charge is 2.20. The van der Waals surface area contributed by atoms with Gasteiger partial charge in [-0.05, 0) is 43.7 Å². The summed E-state index contributed by atoms with van der Waals surface area (Å²) in [6.07, 6.45) is 4.64. The van der Waals surface area contributed by atoms with Crippen LogP contribution in [0.3, 0.4) is 0 Å². The zero-order valence-corrected chi connectivity index (χ0v) is 20.8. The summed E-state index contributed by atoms with van der Waals surface area (Å²) < 4.78 is 3.18. The van der Waals surface area contributed by atoms with E-state index in [4.69, 9.17) is 0 Å². The van der Waals surface area contributed by atoms with Crippen molar-refractivity contribution >= 4 is 44.4 Å². The number of aromatic nitrogens is 4. The Hall–Kier alpha value is -4.11. The van der Waals surface area contributed by atoms with Crippen molar-refractivity contribution in [2.24, 2.45) is 0 Å². The number of carbonyl (C=O) groups is 2. The lowest BCUT2D eigenvalue weighted by molar-refractivity contribution is 0.101. The Morgan fingerprint density at radius 2 is 1.78 bits per heavy atom. The number of nitrogens with zero attached hydrogens (tertiary/aromatic N) is 4. The number of rotatable bonds is 8. The van der Waals surface area contributed by atoms with E-state index in [1.807, 2.05) is 18.5 Å². The van der Waals surface area contributed by atoms with E-state index < -0.39 is 5.91 Å². The van der Waals surface area contributed by atoms with Gasteiger partial charge in [0.05, 0.1) is 11.1 Å². The number of carbonyl (C=O) groups excluding carboxylic acids is 2. The van der Waals surface area contributed by atoms with E-state index in [2.05, 4.69) is 22.3 Å². The number of hydrogen-bond acceptors (Lipinski definition) is 6. The Morgan fingerprint density at radius 3 is 2.53 bits per heavy atom. The molecule has 0 aliphatic rings. The van der Waals surface area contributed by atoms with Crippen LogP contribution in [0.15, 0.2) is 64.9 Å². The number of imidazole rings is 1. The molecule has 0 aliphatic carbocycles. The third kappa shape index (κ3) is 4.33. The molecule has 9 heteroatoms. The summed E-state index contributed by atoms with van der Waals surface area (Å²) in [6, 6.07) is 13.7. The van der Waals surface area contributed by atoms with Gasteiger partial charge in [-0.15, -0.1) is 11.3 Å². The molecule has 1 amide bonds. The highest BCUT2D eigenvalue weighted by atomic mass is 32.1. The van der Waals surface area contributed by atoms with Crippen molar-refractivity contribution in [1.29, 1.82) is 0 Å². The molecule has 3 aromatic heterocycles. The SMILES string of the molecule is CCCCCn1nc(C(=O)Nc2ccc(C(=O)c3c(C)nc4sccn34)cc2)c2ccccc2c1=O. The molecule has 1 N–H and O–H groups in total. The summed E-state index contributed by atoms with van der Waals surface area (Å²) in [7, 11) is 0. The largest absolute Gasteiger partial charge is 0.321 e. The van der Waals surface area contributed by atoms with Gasteiger partial charge in [0.1, 0.15) is 5.69 Å². The smallest absolute Gasteiger partial charge is 0.276 e. The maximum Gasteiger partial charge on any atom is 0.276 e. The van der Waals surface area contributed by atoms with Crippen LogP contribution in [0.25, 0.3) is 15.7 Å². The maximum atomic E-state index is 13.2. The highest BCUT2D eigenvalue weighted by Crippen LogP contribution is 2.21. The van der Waals surface area contributed by atoms with E-state index in [1.165, 1.54) is 16.0 Å². The van der Waals surface area contributed by atoms with Gasteiger partial charge in [0.25, 0.3) is 11.5 Å². The summed E-state index contributed by atoms with van der Waals surface area (Å²) in [5, 5.41) is 10.1. The van der Waals surface area contributed by atoms with Gasteiger partial charge in [-0.25, -0.2) is 9.67 Å². The van der Waals surface area contributed by atoms with Gasteiger partial charge in [0.15, 0.2) is 10.7 Å². The van der Waals surface area contributed by atoms with E-state index in [0.29, 0.717) is 40.0 Å². The van der Waals surface area contributed by atoms with Gasteiger partial charge in [-0.1, -0.05) is 38.0 Å². The summed E-state index contributed by atoms with van der Waals surface area (Å²) in [5.74, 6) is -0.552. The fraction of sp³-hybridized carbons (Fsp3) is 0.222. The molecule has 2 aromatic carbocycles. The number of unbranched alkanes of at least 4 members (excludes halogenated alkanes) is 2. The average molecular weight is 500 g/mol. The van der Waals surface area contributed by atoms with E-state index >= 15 is 0 Å². The number of anilines is 1. The molecule has 0 spiro atoms. The van der Waals surface area contributed by atoms with Gasteiger partial charge >= 0.3 is 0 Å². The monoisotopic (exact) mass is 499 g/mol. The van der Waals surface area contributed by atoms with Crippen LogP contribution in [-0.4, -0.2) is 30.9 Å². The quantitative estimate of drug-likeness (QED) is 0.237. The van der Waals surface area contributed by atoms with E-state index in [0.717, 1.165) is 24.2 Å². The first-order valence-corrected chi connectivity index (χ1v) is 12.7. The molecule has 0 atom stereocenters. The lowest BCUT2D eigenvalue weighted by Gasteiger charge is -2.11. The second kappa shape index (κ2) is 9.87. The van der Waals surface area contributed by atoms with Gasteiger partial charge in [0, 0.05) is 34.8 Å². The second-order valence-corrected chi connectivity index (χ2v) is 9.46. The molecular weight excluding hydrogens is 474 g/mol. The highest BCUT2D eigenvalue weighted by molar-refractivity contribution is 7.15. The third-order valence-electron chi connectivity index (χ3n) is 6.11. The van der Waals surface area contributed by atoms with Crippen molar-refractivity contribution < 1.29 is 9.59 Å². The number of nitrogens with one attached hydrogen (secondary N) is 1. The molecule has 3 heterocycles. The van der Waals surface area contributed by atoms with Crippen LogP contribution in [0, 0.1) is 6.92 Å². The molecule has 0 unspecified atom stereocenters. The zero-order chi connectivity index (χ0) is 25.2. The van der Waals surface area contributed by atoms with Crippen LogP contribution in [0.1, 0.15) is 58.4 Å². The van der Waals surface area contributed by atoms with E-state index in [9.17, 15) is 14.4 Å². The Bertz CT molecular complexity index is 1650. The lowest BCUT2D eigenvalue weighted by Crippen LogP contribution is -2.27. The van der Waals surface area contributed by atoms with Gasteiger partial charge in [0.2, 0.25) is 5.78 Å². The normalized spacial score (nSPS) is 11.3. The first-order valence-electron chi connectivity index (χ1n) is 11.9. The van der Waals surface area contributed by atoms with Crippen LogP contribution in [0.5, 0.6) is 0 Å². The standard InChI is InChI=1S/C27H25N5O3S/c1-3-4-7-14-32-26(35)21-9-6-5-8-20(21)22(30-32)25(34)29-19-12-10-18(11-13-19)24(33)23-17(2)28-27-31(23)15-16-36-27/h5-6,8-13,15-16H,3-4,7,14H2,1-2H3,(H,29,34). The molecule has 0 bridgehead atoms. The maximum absolute atomic E-state index is 13.2. The number of aryl methyl sites for hydroxylation is 2. The molecule has 0 saturated heterocycles. The number of ketones is 1.